The molecule has 1 atom stereocenters. The normalized spacial score (nSPS) is 22.4. The zero-order chi connectivity index (χ0) is 12.3. The monoisotopic (exact) mass is 232 g/mol. The minimum atomic E-state index is 0.685. The van der Waals surface area contributed by atoms with Gasteiger partial charge in [0.15, 0.2) is 0 Å². The van der Waals surface area contributed by atoms with Gasteiger partial charge in [0.25, 0.3) is 0 Å². The second-order valence-corrected chi connectivity index (χ2v) is 5.29. The van der Waals surface area contributed by atoms with Crippen LogP contribution in [-0.4, -0.2) is 30.6 Å². The number of benzene rings is 1. The van der Waals surface area contributed by atoms with Crippen molar-refractivity contribution in [3.8, 4) is 0 Å². The van der Waals surface area contributed by atoms with E-state index in [2.05, 4.69) is 49.2 Å². The third kappa shape index (κ3) is 3.30. The molecular weight excluding hydrogens is 208 g/mol. The maximum atomic E-state index is 3.48. The lowest BCUT2D eigenvalue weighted by Gasteiger charge is -2.27. The van der Waals surface area contributed by atoms with E-state index in [-0.39, 0.29) is 0 Å². The van der Waals surface area contributed by atoms with Crippen LogP contribution in [-0.2, 0) is 6.54 Å². The van der Waals surface area contributed by atoms with Gasteiger partial charge in [0.1, 0.15) is 0 Å². The molecule has 0 saturated carbocycles. The van der Waals surface area contributed by atoms with Crippen LogP contribution in [0.4, 0.5) is 0 Å². The van der Waals surface area contributed by atoms with E-state index in [4.69, 9.17) is 0 Å². The number of hydrogen-bond acceptors (Lipinski definition) is 2. The van der Waals surface area contributed by atoms with Gasteiger partial charge in [-0.3, -0.25) is 4.90 Å². The molecule has 1 saturated heterocycles. The maximum absolute atomic E-state index is 3.48. The lowest BCUT2D eigenvalue weighted by molar-refractivity contribution is 0.211. The highest BCUT2D eigenvalue weighted by molar-refractivity contribution is 5.30. The first-order chi connectivity index (χ1) is 8.16. The van der Waals surface area contributed by atoms with Crippen molar-refractivity contribution in [1.82, 2.24) is 10.2 Å². The molecule has 2 nitrogen and oxygen atoms in total. The first-order valence-corrected chi connectivity index (χ1v) is 6.67. The number of nitrogens with one attached hydrogen (secondary N) is 1. The van der Waals surface area contributed by atoms with Crippen LogP contribution in [0.2, 0.25) is 0 Å². The zero-order valence-electron chi connectivity index (χ0n) is 11.3. The topological polar surface area (TPSA) is 15.3 Å². The predicted molar refractivity (Wildman–Crippen MR) is 73.3 cm³/mol. The van der Waals surface area contributed by atoms with E-state index in [1.54, 1.807) is 0 Å². The second-order valence-electron chi connectivity index (χ2n) is 5.29. The molecule has 94 valence electrons. The molecule has 1 aliphatic heterocycles. The SMILES string of the molecule is Cc1ccc(C)c(CN2CCNCCC2C)c1. The molecule has 0 spiro atoms. The lowest BCUT2D eigenvalue weighted by atomic mass is 10.0. The summed E-state index contributed by atoms with van der Waals surface area (Å²) in [6, 6.07) is 7.46. The van der Waals surface area contributed by atoms with Crippen molar-refractivity contribution in [2.24, 2.45) is 0 Å². The highest BCUT2D eigenvalue weighted by atomic mass is 15.2. The summed E-state index contributed by atoms with van der Waals surface area (Å²) in [6.45, 7) is 11.3. The highest BCUT2D eigenvalue weighted by Crippen LogP contribution is 2.16. The van der Waals surface area contributed by atoms with E-state index < -0.39 is 0 Å². The van der Waals surface area contributed by atoms with Gasteiger partial charge in [0.2, 0.25) is 0 Å². The van der Waals surface area contributed by atoms with Gasteiger partial charge in [-0.05, 0) is 44.9 Å². The van der Waals surface area contributed by atoms with Crippen LogP contribution >= 0.6 is 0 Å². The molecule has 1 heterocycles. The second kappa shape index (κ2) is 5.65. The summed E-state index contributed by atoms with van der Waals surface area (Å²) in [7, 11) is 0. The first-order valence-electron chi connectivity index (χ1n) is 6.67. The first kappa shape index (κ1) is 12.6. The van der Waals surface area contributed by atoms with E-state index in [9.17, 15) is 0 Å². The van der Waals surface area contributed by atoms with Crippen molar-refractivity contribution in [1.29, 1.82) is 0 Å². The van der Waals surface area contributed by atoms with Crippen LogP contribution in [0.25, 0.3) is 0 Å². The Balaban J connectivity index is 2.10. The minimum Gasteiger partial charge on any atom is -0.315 e. The fourth-order valence-electron chi connectivity index (χ4n) is 2.49. The molecule has 1 aromatic rings. The van der Waals surface area contributed by atoms with Crippen LogP contribution in [0.3, 0.4) is 0 Å². The van der Waals surface area contributed by atoms with E-state index in [0.717, 1.165) is 26.2 Å². The van der Waals surface area contributed by atoms with Crippen LogP contribution < -0.4 is 5.32 Å². The summed E-state index contributed by atoms with van der Waals surface area (Å²) >= 11 is 0. The Bertz CT molecular complexity index is 373. The fourth-order valence-corrected chi connectivity index (χ4v) is 2.49. The molecule has 2 heteroatoms. The average Bonchev–Trinajstić information content (AvgIpc) is 2.50. The summed E-state index contributed by atoms with van der Waals surface area (Å²) in [5.74, 6) is 0. The molecule has 0 aliphatic carbocycles. The molecule has 1 N–H and O–H groups in total. The molecule has 0 aromatic heterocycles. The standard InChI is InChI=1S/C15H24N2/c1-12-4-5-13(2)15(10-12)11-17-9-8-16-7-6-14(17)3/h4-5,10,14,16H,6-9,11H2,1-3H3. The van der Waals surface area contributed by atoms with Gasteiger partial charge in [-0.1, -0.05) is 23.8 Å². The molecule has 1 aliphatic rings. The molecule has 2 rings (SSSR count). The van der Waals surface area contributed by atoms with E-state index in [0.29, 0.717) is 6.04 Å². The summed E-state index contributed by atoms with van der Waals surface area (Å²) in [5.41, 5.74) is 4.27. The molecule has 0 bridgehead atoms. The Morgan fingerprint density at radius 1 is 1.29 bits per heavy atom. The maximum Gasteiger partial charge on any atom is 0.0239 e. The van der Waals surface area contributed by atoms with Crippen molar-refractivity contribution in [3.05, 3.63) is 34.9 Å². The van der Waals surface area contributed by atoms with E-state index in [1.807, 2.05) is 0 Å². The zero-order valence-corrected chi connectivity index (χ0v) is 11.3. The van der Waals surface area contributed by atoms with Gasteiger partial charge in [0, 0.05) is 25.7 Å². The van der Waals surface area contributed by atoms with Gasteiger partial charge >= 0.3 is 0 Å². The summed E-state index contributed by atoms with van der Waals surface area (Å²) in [4.78, 5) is 2.60. The Morgan fingerprint density at radius 3 is 2.94 bits per heavy atom. The van der Waals surface area contributed by atoms with Crippen molar-refractivity contribution in [2.45, 2.75) is 39.8 Å². The minimum absolute atomic E-state index is 0.685. The molecule has 0 amide bonds. The van der Waals surface area contributed by atoms with Crippen molar-refractivity contribution >= 4 is 0 Å². The van der Waals surface area contributed by atoms with Gasteiger partial charge < -0.3 is 5.32 Å². The summed E-state index contributed by atoms with van der Waals surface area (Å²) in [5, 5.41) is 3.48. The Morgan fingerprint density at radius 2 is 2.12 bits per heavy atom. The van der Waals surface area contributed by atoms with Crippen LogP contribution in [0, 0.1) is 13.8 Å². The Kier molecular flexibility index (Phi) is 4.19. The van der Waals surface area contributed by atoms with Crippen LogP contribution in [0.15, 0.2) is 18.2 Å². The fraction of sp³-hybridized carbons (Fsp3) is 0.600. The van der Waals surface area contributed by atoms with Gasteiger partial charge in [-0.15, -0.1) is 0 Å². The molecule has 1 unspecified atom stereocenters. The van der Waals surface area contributed by atoms with E-state index in [1.165, 1.54) is 23.1 Å². The molecule has 1 fully saturated rings. The van der Waals surface area contributed by atoms with Crippen LogP contribution in [0.1, 0.15) is 30.0 Å². The third-order valence-corrected chi connectivity index (χ3v) is 3.82. The predicted octanol–water partition coefficient (Wildman–Crippen LogP) is 2.49. The number of hydrogen-bond donors (Lipinski definition) is 1. The number of rotatable bonds is 2. The van der Waals surface area contributed by atoms with E-state index >= 15 is 0 Å². The largest absolute Gasteiger partial charge is 0.315 e. The average molecular weight is 232 g/mol. The van der Waals surface area contributed by atoms with Crippen molar-refractivity contribution < 1.29 is 0 Å². The molecule has 1 aromatic carbocycles. The molecular formula is C15H24N2. The highest BCUT2D eigenvalue weighted by Gasteiger charge is 2.17. The number of nitrogens with zero attached hydrogens (tertiary/aromatic N) is 1. The third-order valence-electron chi connectivity index (χ3n) is 3.82. The quantitative estimate of drug-likeness (QED) is 0.843. The van der Waals surface area contributed by atoms with Gasteiger partial charge in [-0.2, -0.15) is 0 Å². The number of aryl methyl sites for hydroxylation is 2. The van der Waals surface area contributed by atoms with Crippen molar-refractivity contribution in [2.75, 3.05) is 19.6 Å². The Labute approximate surface area is 105 Å². The summed E-state index contributed by atoms with van der Waals surface area (Å²) in [6.07, 6.45) is 1.25. The Hall–Kier alpha value is -0.860. The van der Waals surface area contributed by atoms with Gasteiger partial charge in [-0.25, -0.2) is 0 Å². The van der Waals surface area contributed by atoms with Gasteiger partial charge in [0.05, 0.1) is 0 Å². The van der Waals surface area contributed by atoms with Crippen molar-refractivity contribution in [3.63, 3.8) is 0 Å². The van der Waals surface area contributed by atoms with Crippen LogP contribution in [0.5, 0.6) is 0 Å². The smallest absolute Gasteiger partial charge is 0.0239 e. The molecule has 0 radical (unpaired) electrons. The lowest BCUT2D eigenvalue weighted by Crippen LogP contribution is -2.33. The summed E-state index contributed by atoms with van der Waals surface area (Å²) < 4.78 is 0. The molecule has 17 heavy (non-hydrogen) atoms.